The van der Waals surface area contributed by atoms with Crippen molar-refractivity contribution in [2.45, 2.75) is 31.8 Å². The third-order valence-corrected chi connectivity index (χ3v) is 8.25. The Hall–Kier alpha value is -4.23. The Morgan fingerprint density at radius 3 is 2.54 bits per heavy atom. The fourth-order valence-corrected chi connectivity index (χ4v) is 6.65. The second-order valence-electron chi connectivity index (χ2n) is 10.5. The molecule has 184 valence electrons. The monoisotopic (exact) mass is 490 g/mol. The van der Waals surface area contributed by atoms with Gasteiger partial charge in [0.25, 0.3) is 0 Å². The lowest BCUT2D eigenvalue weighted by atomic mass is 9.76. The van der Waals surface area contributed by atoms with Crippen molar-refractivity contribution in [1.82, 2.24) is 10.3 Å². The molecule has 4 heterocycles. The van der Waals surface area contributed by atoms with Crippen molar-refractivity contribution < 1.29 is 14.4 Å². The van der Waals surface area contributed by atoms with E-state index in [-0.39, 0.29) is 17.7 Å². The van der Waals surface area contributed by atoms with E-state index in [0.29, 0.717) is 17.8 Å². The number of hydrogen-bond acceptors (Lipinski definition) is 4. The molecule has 7 nitrogen and oxygen atoms in total. The molecule has 1 aromatic heterocycles. The first-order chi connectivity index (χ1) is 17.9. The summed E-state index contributed by atoms with van der Waals surface area (Å²) in [4.78, 5) is 46.6. The molecule has 4 aromatic rings. The number of para-hydroxylation sites is 1. The maximum absolute atomic E-state index is 14.1. The molecule has 37 heavy (non-hydrogen) atoms. The van der Waals surface area contributed by atoms with Crippen LogP contribution in [0.2, 0.25) is 0 Å². The van der Waals surface area contributed by atoms with Crippen molar-refractivity contribution in [2.75, 3.05) is 10.2 Å². The minimum absolute atomic E-state index is 0.260. The number of carbonyl (C=O) groups is 3. The molecule has 3 amide bonds. The number of benzene rings is 3. The van der Waals surface area contributed by atoms with Gasteiger partial charge in [-0.25, -0.2) is 4.90 Å². The number of imide groups is 1. The van der Waals surface area contributed by atoms with E-state index in [9.17, 15) is 14.4 Å². The number of nitrogens with zero attached hydrogens (tertiary/aromatic N) is 1. The number of rotatable bonds is 3. The average molecular weight is 491 g/mol. The zero-order valence-electron chi connectivity index (χ0n) is 20.5. The fraction of sp³-hybridized carbons (Fsp3) is 0.233. The normalized spacial score (nSPS) is 26.3. The van der Waals surface area contributed by atoms with Crippen molar-refractivity contribution in [3.05, 3.63) is 95.2 Å². The molecule has 0 radical (unpaired) electrons. The first-order valence-corrected chi connectivity index (χ1v) is 12.6. The number of aryl methyl sites for hydroxylation is 2. The first kappa shape index (κ1) is 22.0. The molecule has 7 rings (SSSR count). The van der Waals surface area contributed by atoms with Gasteiger partial charge in [-0.2, -0.15) is 0 Å². The summed E-state index contributed by atoms with van der Waals surface area (Å²) in [6.45, 7) is 3.90. The summed E-state index contributed by atoms with van der Waals surface area (Å²) in [6, 6.07) is 20.8. The zero-order valence-corrected chi connectivity index (χ0v) is 20.5. The van der Waals surface area contributed by atoms with Gasteiger partial charge in [0.1, 0.15) is 5.54 Å². The van der Waals surface area contributed by atoms with Crippen molar-refractivity contribution in [3.8, 4) is 0 Å². The minimum Gasteiger partial charge on any atom is -0.361 e. The predicted octanol–water partition coefficient (Wildman–Crippen LogP) is 3.95. The quantitative estimate of drug-likeness (QED) is 0.379. The minimum atomic E-state index is -1.31. The smallest absolute Gasteiger partial charge is 0.250 e. The van der Waals surface area contributed by atoms with E-state index in [0.717, 1.165) is 33.2 Å². The molecule has 0 saturated carbocycles. The summed E-state index contributed by atoms with van der Waals surface area (Å²) >= 11 is 0. The van der Waals surface area contributed by atoms with E-state index >= 15 is 0 Å². The molecule has 3 aliphatic rings. The van der Waals surface area contributed by atoms with Crippen LogP contribution < -0.4 is 15.5 Å². The van der Waals surface area contributed by atoms with Crippen molar-refractivity contribution in [3.63, 3.8) is 0 Å². The van der Waals surface area contributed by atoms with Gasteiger partial charge in [0.2, 0.25) is 17.7 Å². The van der Waals surface area contributed by atoms with Gasteiger partial charge in [-0.1, -0.05) is 48.0 Å². The Labute approximate surface area is 213 Å². The van der Waals surface area contributed by atoms with E-state index in [1.54, 1.807) is 6.07 Å². The second kappa shape index (κ2) is 7.63. The topological polar surface area (TPSA) is 94.3 Å². The number of aromatic nitrogens is 1. The maximum atomic E-state index is 14.1. The van der Waals surface area contributed by atoms with E-state index in [1.165, 1.54) is 4.90 Å². The lowest BCUT2D eigenvalue weighted by molar-refractivity contribution is -0.130. The lowest BCUT2D eigenvalue weighted by Crippen LogP contribution is -2.53. The zero-order chi connectivity index (χ0) is 25.5. The number of fused-ring (bicyclic) bond motifs is 5. The van der Waals surface area contributed by atoms with Gasteiger partial charge in [0, 0.05) is 34.4 Å². The molecule has 3 aliphatic heterocycles. The molecule has 7 heteroatoms. The Bertz CT molecular complexity index is 1640. The molecule has 0 aliphatic carbocycles. The Balaban J connectivity index is 1.39. The van der Waals surface area contributed by atoms with Gasteiger partial charge in [0.15, 0.2) is 0 Å². The molecule has 3 aromatic carbocycles. The van der Waals surface area contributed by atoms with Crippen LogP contribution in [0, 0.1) is 25.7 Å². The van der Waals surface area contributed by atoms with Crippen LogP contribution in [0.1, 0.15) is 22.3 Å². The van der Waals surface area contributed by atoms with Crippen LogP contribution in [0.25, 0.3) is 10.9 Å². The number of anilines is 2. The first-order valence-electron chi connectivity index (χ1n) is 12.6. The van der Waals surface area contributed by atoms with Crippen molar-refractivity contribution >= 4 is 40.0 Å². The predicted molar refractivity (Wildman–Crippen MR) is 141 cm³/mol. The highest BCUT2D eigenvalue weighted by atomic mass is 16.2. The summed E-state index contributed by atoms with van der Waals surface area (Å²) in [5.74, 6) is -2.41. The molecule has 3 N–H and O–H groups in total. The molecule has 0 bridgehead atoms. The Kier molecular flexibility index (Phi) is 4.54. The van der Waals surface area contributed by atoms with E-state index < -0.39 is 23.4 Å². The number of aromatic amines is 1. The summed E-state index contributed by atoms with van der Waals surface area (Å²) in [6.07, 6.45) is 2.46. The number of H-pyrrole nitrogens is 1. The van der Waals surface area contributed by atoms with E-state index in [4.69, 9.17) is 0 Å². The lowest BCUT2D eigenvalue weighted by Gasteiger charge is -2.29. The van der Waals surface area contributed by atoms with E-state index in [2.05, 4.69) is 15.6 Å². The fourth-order valence-electron chi connectivity index (χ4n) is 6.65. The summed E-state index contributed by atoms with van der Waals surface area (Å²) in [7, 11) is 0. The van der Waals surface area contributed by atoms with Crippen molar-refractivity contribution in [1.29, 1.82) is 0 Å². The standard InChI is InChI=1S/C30H26N4O3/c1-16-6-5-7-19(12-16)34-27(35)25-24(14-18-15-31-22-9-4-3-8-20(18)22)33-30(26(25)28(34)36)21-13-17(2)10-11-23(21)32-29(30)37/h3-13,15,24-26,31,33H,14H2,1-2H3,(H,32,37)/t24-,25-,26+,30+/m1/s1. The van der Waals surface area contributed by atoms with Crippen LogP contribution in [0.5, 0.6) is 0 Å². The average Bonchev–Trinajstić information content (AvgIpc) is 3.58. The summed E-state index contributed by atoms with van der Waals surface area (Å²) < 4.78 is 0. The maximum Gasteiger partial charge on any atom is 0.250 e. The number of amides is 3. The highest BCUT2D eigenvalue weighted by Gasteiger charge is 2.70. The van der Waals surface area contributed by atoms with Crippen molar-refractivity contribution in [2.24, 2.45) is 11.8 Å². The van der Waals surface area contributed by atoms with Gasteiger partial charge in [0.05, 0.1) is 17.5 Å². The van der Waals surface area contributed by atoms with Gasteiger partial charge < -0.3 is 10.3 Å². The van der Waals surface area contributed by atoms with Gasteiger partial charge in [-0.05, 0) is 55.7 Å². The number of carbonyl (C=O) groups excluding carboxylic acids is 3. The third kappa shape index (κ3) is 2.95. The molecular weight excluding hydrogens is 464 g/mol. The molecule has 4 atom stereocenters. The van der Waals surface area contributed by atoms with Crippen LogP contribution in [-0.2, 0) is 26.3 Å². The van der Waals surface area contributed by atoms with Crippen LogP contribution in [0.15, 0.2) is 72.9 Å². The largest absolute Gasteiger partial charge is 0.361 e. The summed E-state index contributed by atoms with van der Waals surface area (Å²) in [5.41, 5.74) is 4.66. The highest BCUT2D eigenvalue weighted by molar-refractivity contribution is 6.25. The second-order valence-corrected chi connectivity index (χ2v) is 10.5. The van der Waals surface area contributed by atoms with Crippen LogP contribution in [-0.4, -0.2) is 28.7 Å². The van der Waals surface area contributed by atoms with Gasteiger partial charge >= 0.3 is 0 Å². The van der Waals surface area contributed by atoms with Gasteiger partial charge in [-0.3, -0.25) is 19.7 Å². The van der Waals surface area contributed by atoms with Crippen LogP contribution in [0.4, 0.5) is 11.4 Å². The number of hydrogen-bond donors (Lipinski definition) is 3. The molecular formula is C30H26N4O3. The highest BCUT2D eigenvalue weighted by Crippen LogP contribution is 2.54. The van der Waals surface area contributed by atoms with E-state index in [1.807, 2.05) is 80.7 Å². The molecule has 2 fully saturated rings. The molecule has 1 spiro atoms. The van der Waals surface area contributed by atoms with Crippen LogP contribution >= 0.6 is 0 Å². The Morgan fingerprint density at radius 2 is 1.70 bits per heavy atom. The molecule has 2 saturated heterocycles. The summed E-state index contributed by atoms with van der Waals surface area (Å²) in [5, 5.41) is 7.61. The van der Waals surface area contributed by atoms with Gasteiger partial charge in [-0.15, -0.1) is 0 Å². The third-order valence-electron chi connectivity index (χ3n) is 8.25. The Morgan fingerprint density at radius 1 is 0.892 bits per heavy atom. The SMILES string of the molecule is Cc1cccc(N2C(=O)[C@H]3[C@@H](C2=O)[C@]2(N[C@@H]3Cc3c[nH]c4ccccc34)C(=O)Nc3ccc(C)cc32)c1. The number of nitrogens with one attached hydrogen (secondary N) is 3. The van der Waals surface area contributed by atoms with Crippen LogP contribution in [0.3, 0.4) is 0 Å². The molecule has 0 unspecified atom stereocenters.